The summed E-state index contributed by atoms with van der Waals surface area (Å²) in [6.45, 7) is 0.465. The maximum atomic E-state index is 12.8. The van der Waals surface area contributed by atoms with E-state index in [1.165, 1.54) is 0 Å². The highest BCUT2D eigenvalue weighted by Crippen LogP contribution is 2.23. The molecule has 0 aliphatic rings. The molecular formula is C21H17ClN4O2. The summed E-state index contributed by atoms with van der Waals surface area (Å²) in [5.74, 6) is 0.351. The summed E-state index contributed by atoms with van der Waals surface area (Å²) < 4.78 is 6.99. The maximum Gasteiger partial charge on any atom is 0.270 e. The van der Waals surface area contributed by atoms with E-state index in [0.717, 1.165) is 5.69 Å². The van der Waals surface area contributed by atoms with Crippen LogP contribution in [0.1, 0.15) is 16.2 Å². The third-order valence-electron chi connectivity index (χ3n) is 4.16. The van der Waals surface area contributed by atoms with E-state index in [1.54, 1.807) is 47.5 Å². The molecule has 0 atom stereocenters. The van der Waals surface area contributed by atoms with Crippen LogP contribution in [0.25, 0.3) is 17.1 Å². The van der Waals surface area contributed by atoms with Gasteiger partial charge in [-0.05, 0) is 42.5 Å². The molecule has 3 heterocycles. The van der Waals surface area contributed by atoms with E-state index in [4.69, 9.17) is 16.0 Å². The lowest BCUT2D eigenvalue weighted by atomic mass is 10.2. The Morgan fingerprint density at radius 3 is 2.79 bits per heavy atom. The lowest BCUT2D eigenvalue weighted by Gasteiger charge is -2.08. The molecule has 6 nitrogen and oxygen atoms in total. The van der Waals surface area contributed by atoms with Crippen LogP contribution < -0.4 is 5.32 Å². The number of nitrogens with zero attached hydrogens (tertiary/aromatic N) is 3. The number of nitrogens with one attached hydrogen (secondary N) is 1. The molecule has 0 radical (unpaired) electrons. The van der Waals surface area contributed by atoms with Gasteiger partial charge in [0.05, 0.1) is 12.0 Å². The summed E-state index contributed by atoms with van der Waals surface area (Å²) >= 11 is 6.12. The average Bonchev–Trinajstić information content (AvgIpc) is 3.38. The van der Waals surface area contributed by atoms with Crippen LogP contribution in [0.2, 0.25) is 5.02 Å². The van der Waals surface area contributed by atoms with Gasteiger partial charge in [0.1, 0.15) is 11.4 Å². The van der Waals surface area contributed by atoms with Crippen LogP contribution in [0.5, 0.6) is 0 Å². The molecule has 140 valence electrons. The first-order valence-electron chi connectivity index (χ1n) is 8.79. The third kappa shape index (κ3) is 3.97. The van der Waals surface area contributed by atoms with Crippen LogP contribution in [0.4, 0.5) is 0 Å². The van der Waals surface area contributed by atoms with Crippen molar-refractivity contribution in [1.29, 1.82) is 0 Å². The van der Waals surface area contributed by atoms with Crippen molar-refractivity contribution in [3.63, 3.8) is 0 Å². The van der Waals surface area contributed by atoms with Crippen LogP contribution in [-0.2, 0) is 6.42 Å². The van der Waals surface area contributed by atoms with E-state index in [0.29, 0.717) is 40.8 Å². The minimum atomic E-state index is -0.235. The largest absolute Gasteiger partial charge is 0.463 e. The smallest absolute Gasteiger partial charge is 0.270 e. The quantitative estimate of drug-likeness (QED) is 0.535. The summed E-state index contributed by atoms with van der Waals surface area (Å²) in [4.78, 5) is 17.1. The number of furan rings is 1. The Hall–Kier alpha value is -3.38. The standard InChI is InChI=1S/C21H17ClN4O2/c22-15-5-3-7-17(13-15)26-19(14-18(25-26)20-8-4-12-28-20)21(27)24-11-9-16-6-1-2-10-23-16/h1-8,10,12-14H,9,11H2,(H,24,27). The van der Waals surface area contributed by atoms with E-state index >= 15 is 0 Å². The molecule has 4 aromatic rings. The van der Waals surface area contributed by atoms with Crippen LogP contribution in [0.3, 0.4) is 0 Å². The number of carbonyl (C=O) groups excluding carboxylic acids is 1. The number of carbonyl (C=O) groups is 1. The summed E-state index contributed by atoms with van der Waals surface area (Å²) in [5.41, 5.74) is 2.58. The van der Waals surface area contributed by atoms with Crippen LogP contribution in [0, 0.1) is 0 Å². The number of aromatic nitrogens is 3. The van der Waals surface area contributed by atoms with Crippen LogP contribution >= 0.6 is 11.6 Å². The third-order valence-corrected chi connectivity index (χ3v) is 4.40. The van der Waals surface area contributed by atoms with Crippen molar-refractivity contribution < 1.29 is 9.21 Å². The predicted molar refractivity (Wildman–Crippen MR) is 107 cm³/mol. The van der Waals surface area contributed by atoms with Gasteiger partial charge >= 0.3 is 0 Å². The molecule has 0 fully saturated rings. The fourth-order valence-electron chi connectivity index (χ4n) is 2.83. The van der Waals surface area contributed by atoms with Crippen LogP contribution in [-0.4, -0.2) is 27.2 Å². The second-order valence-corrected chi connectivity index (χ2v) is 6.55. The monoisotopic (exact) mass is 392 g/mol. The Morgan fingerprint density at radius 1 is 1.11 bits per heavy atom. The number of hydrogen-bond donors (Lipinski definition) is 1. The molecule has 0 aliphatic carbocycles. The molecule has 7 heteroatoms. The van der Waals surface area contributed by atoms with Gasteiger partial charge in [-0.3, -0.25) is 9.78 Å². The van der Waals surface area contributed by atoms with E-state index < -0.39 is 0 Å². The maximum absolute atomic E-state index is 12.8. The molecule has 28 heavy (non-hydrogen) atoms. The zero-order chi connectivity index (χ0) is 19.3. The summed E-state index contributed by atoms with van der Waals surface area (Å²) in [7, 11) is 0. The fourth-order valence-corrected chi connectivity index (χ4v) is 3.02. The Balaban J connectivity index is 1.60. The second kappa shape index (κ2) is 8.10. The summed E-state index contributed by atoms with van der Waals surface area (Å²) in [6.07, 6.45) is 3.95. The molecule has 4 rings (SSSR count). The summed E-state index contributed by atoms with van der Waals surface area (Å²) in [5, 5.41) is 8.03. The van der Waals surface area contributed by atoms with Gasteiger partial charge in [0.25, 0.3) is 5.91 Å². The van der Waals surface area contributed by atoms with E-state index in [2.05, 4.69) is 15.4 Å². The lowest BCUT2D eigenvalue weighted by molar-refractivity contribution is 0.0946. The van der Waals surface area contributed by atoms with E-state index in [-0.39, 0.29) is 5.91 Å². The molecule has 0 spiro atoms. The number of pyridine rings is 1. The van der Waals surface area contributed by atoms with Crippen molar-refractivity contribution in [1.82, 2.24) is 20.1 Å². The van der Waals surface area contributed by atoms with Crippen molar-refractivity contribution in [2.24, 2.45) is 0 Å². The molecule has 1 N–H and O–H groups in total. The van der Waals surface area contributed by atoms with Gasteiger partial charge in [-0.25, -0.2) is 4.68 Å². The van der Waals surface area contributed by atoms with Crippen molar-refractivity contribution in [3.8, 4) is 17.1 Å². The van der Waals surface area contributed by atoms with Crippen molar-refractivity contribution >= 4 is 17.5 Å². The Labute approximate surface area is 166 Å². The minimum absolute atomic E-state index is 0.235. The highest BCUT2D eigenvalue weighted by Gasteiger charge is 2.18. The lowest BCUT2D eigenvalue weighted by Crippen LogP contribution is -2.28. The normalized spacial score (nSPS) is 10.8. The highest BCUT2D eigenvalue weighted by molar-refractivity contribution is 6.30. The number of halogens is 1. The molecule has 0 saturated carbocycles. The van der Waals surface area contributed by atoms with Crippen molar-refractivity contribution in [2.45, 2.75) is 6.42 Å². The fraction of sp³-hybridized carbons (Fsp3) is 0.0952. The average molecular weight is 393 g/mol. The molecule has 0 unspecified atom stereocenters. The second-order valence-electron chi connectivity index (χ2n) is 6.11. The molecule has 1 amide bonds. The Kier molecular flexibility index (Phi) is 5.21. The minimum Gasteiger partial charge on any atom is -0.463 e. The molecule has 1 aromatic carbocycles. The van der Waals surface area contributed by atoms with Gasteiger partial charge in [0.2, 0.25) is 0 Å². The topological polar surface area (TPSA) is 73.0 Å². The number of amides is 1. The van der Waals surface area contributed by atoms with Gasteiger partial charge in [-0.2, -0.15) is 5.10 Å². The van der Waals surface area contributed by atoms with Crippen molar-refractivity contribution in [2.75, 3.05) is 6.54 Å². The molecule has 0 aliphatic heterocycles. The number of benzene rings is 1. The summed E-state index contributed by atoms with van der Waals surface area (Å²) in [6, 6.07) is 18.2. The highest BCUT2D eigenvalue weighted by atomic mass is 35.5. The Morgan fingerprint density at radius 2 is 2.04 bits per heavy atom. The van der Waals surface area contributed by atoms with Gasteiger partial charge in [0, 0.05) is 35.9 Å². The predicted octanol–water partition coefficient (Wildman–Crippen LogP) is 4.15. The van der Waals surface area contributed by atoms with Gasteiger partial charge in [0.15, 0.2) is 5.76 Å². The Bertz CT molecular complexity index is 1080. The number of rotatable bonds is 6. The zero-order valence-corrected chi connectivity index (χ0v) is 15.6. The van der Waals surface area contributed by atoms with E-state index in [9.17, 15) is 4.79 Å². The van der Waals surface area contributed by atoms with Gasteiger partial charge in [-0.15, -0.1) is 0 Å². The van der Waals surface area contributed by atoms with Crippen molar-refractivity contribution in [3.05, 3.63) is 89.5 Å². The zero-order valence-electron chi connectivity index (χ0n) is 14.9. The molecule has 0 saturated heterocycles. The number of hydrogen-bond acceptors (Lipinski definition) is 4. The van der Waals surface area contributed by atoms with Gasteiger partial charge in [-0.1, -0.05) is 23.7 Å². The first kappa shape index (κ1) is 18.0. The van der Waals surface area contributed by atoms with E-state index in [1.807, 2.05) is 30.3 Å². The SMILES string of the molecule is O=C(NCCc1ccccn1)c1cc(-c2ccco2)nn1-c1cccc(Cl)c1. The van der Waals surface area contributed by atoms with Gasteiger partial charge < -0.3 is 9.73 Å². The molecule has 0 bridgehead atoms. The molecule has 3 aromatic heterocycles. The first-order valence-corrected chi connectivity index (χ1v) is 9.16. The van der Waals surface area contributed by atoms with Crippen LogP contribution in [0.15, 0.2) is 77.5 Å². The molecular weight excluding hydrogens is 376 g/mol. The first-order chi connectivity index (χ1) is 13.7.